The summed E-state index contributed by atoms with van der Waals surface area (Å²) in [6, 6.07) is 17.7. The number of anilines is 1. The zero-order chi connectivity index (χ0) is 24.2. The number of fused-ring (bicyclic) bond motifs is 1. The molecule has 0 amide bonds. The summed E-state index contributed by atoms with van der Waals surface area (Å²) in [7, 11) is -1.62. The number of halogens is 1. The standard InChI is InChI=1S/C26H22FN5O2S/c1-31-15-19(14-29-31)17-6-9-26-25(12-17)28-16-32(26)21-11-18(23-4-2-3-5-24(23)27)10-20(13-21)30-35(33,34)22-7-8-22/h2-6,9-16,22,30H,7-8H2,1H3. The maximum Gasteiger partial charge on any atom is 0.235 e. The molecule has 0 atom stereocenters. The van der Waals surface area contributed by atoms with Crippen LogP contribution in [-0.4, -0.2) is 33.0 Å². The molecule has 1 saturated carbocycles. The molecule has 5 aromatic rings. The number of rotatable bonds is 6. The SMILES string of the molecule is Cn1cc(-c2ccc3c(c2)ncn3-c2cc(NS(=O)(=O)C3CC3)cc(-c3ccccc3F)c2)cn1. The van der Waals surface area contributed by atoms with Crippen molar-refractivity contribution in [3.8, 4) is 27.9 Å². The number of aryl methyl sites for hydroxylation is 1. The first-order valence-electron chi connectivity index (χ1n) is 11.3. The summed E-state index contributed by atoms with van der Waals surface area (Å²) in [6.45, 7) is 0. The van der Waals surface area contributed by atoms with E-state index in [2.05, 4.69) is 14.8 Å². The Morgan fingerprint density at radius 2 is 1.83 bits per heavy atom. The van der Waals surface area contributed by atoms with Gasteiger partial charge < -0.3 is 0 Å². The first kappa shape index (κ1) is 21.5. The summed E-state index contributed by atoms with van der Waals surface area (Å²) in [5.41, 5.74) is 5.64. The molecule has 1 aliphatic carbocycles. The molecular formula is C26H22FN5O2S. The minimum atomic E-state index is -3.49. The van der Waals surface area contributed by atoms with Gasteiger partial charge in [0.2, 0.25) is 10.0 Å². The molecule has 6 rings (SSSR count). The Hall–Kier alpha value is -3.98. The number of sulfonamides is 1. The van der Waals surface area contributed by atoms with Crippen molar-refractivity contribution in [2.75, 3.05) is 4.72 Å². The Morgan fingerprint density at radius 1 is 1.00 bits per heavy atom. The summed E-state index contributed by atoms with van der Waals surface area (Å²) in [5, 5.41) is 3.86. The molecule has 1 fully saturated rings. The van der Waals surface area contributed by atoms with Crippen molar-refractivity contribution in [1.29, 1.82) is 0 Å². The predicted octanol–water partition coefficient (Wildman–Crippen LogP) is 5.14. The van der Waals surface area contributed by atoms with Crippen LogP contribution in [0.1, 0.15) is 12.8 Å². The number of benzene rings is 3. The van der Waals surface area contributed by atoms with E-state index in [0.717, 1.165) is 22.2 Å². The maximum atomic E-state index is 14.7. The Bertz CT molecular complexity index is 1690. The lowest BCUT2D eigenvalue weighted by Crippen LogP contribution is -2.17. The van der Waals surface area contributed by atoms with Crippen LogP contribution in [-0.2, 0) is 17.1 Å². The van der Waals surface area contributed by atoms with Gasteiger partial charge in [-0.2, -0.15) is 5.10 Å². The van der Waals surface area contributed by atoms with Crippen LogP contribution >= 0.6 is 0 Å². The number of hydrogen-bond acceptors (Lipinski definition) is 4. The van der Waals surface area contributed by atoms with Gasteiger partial charge in [-0.1, -0.05) is 24.3 Å². The summed E-state index contributed by atoms with van der Waals surface area (Å²) in [6.07, 6.45) is 6.74. The van der Waals surface area contributed by atoms with Crippen LogP contribution in [0.25, 0.3) is 39.0 Å². The van der Waals surface area contributed by atoms with Crippen molar-refractivity contribution in [2.45, 2.75) is 18.1 Å². The van der Waals surface area contributed by atoms with Crippen molar-refractivity contribution < 1.29 is 12.8 Å². The molecule has 2 aromatic heterocycles. The van der Waals surface area contributed by atoms with Gasteiger partial charge in [-0.05, 0) is 60.4 Å². The fourth-order valence-corrected chi connectivity index (χ4v) is 5.62. The topological polar surface area (TPSA) is 81.8 Å². The summed E-state index contributed by atoms with van der Waals surface area (Å²) >= 11 is 0. The van der Waals surface area contributed by atoms with Gasteiger partial charge in [0.05, 0.1) is 28.2 Å². The molecule has 0 bridgehead atoms. The largest absolute Gasteiger partial charge is 0.299 e. The minimum Gasteiger partial charge on any atom is -0.299 e. The highest BCUT2D eigenvalue weighted by atomic mass is 32.2. The molecule has 0 spiro atoms. The number of hydrogen-bond donors (Lipinski definition) is 1. The Labute approximate surface area is 201 Å². The number of nitrogens with zero attached hydrogens (tertiary/aromatic N) is 4. The smallest absolute Gasteiger partial charge is 0.235 e. The van der Waals surface area contributed by atoms with Gasteiger partial charge in [-0.3, -0.25) is 14.0 Å². The monoisotopic (exact) mass is 487 g/mol. The quantitative estimate of drug-likeness (QED) is 0.360. The third-order valence-corrected chi connectivity index (χ3v) is 8.06. The van der Waals surface area contributed by atoms with Gasteiger partial charge in [0.1, 0.15) is 12.1 Å². The molecular weight excluding hydrogens is 465 g/mol. The number of nitrogens with one attached hydrogen (secondary N) is 1. The van der Waals surface area contributed by atoms with Gasteiger partial charge >= 0.3 is 0 Å². The van der Waals surface area contributed by atoms with Gasteiger partial charge in [0.15, 0.2) is 0 Å². The Kier molecular flexibility index (Phi) is 4.96. The van der Waals surface area contributed by atoms with Crippen LogP contribution in [0.3, 0.4) is 0 Å². The van der Waals surface area contributed by atoms with Crippen molar-refractivity contribution in [3.05, 3.63) is 85.2 Å². The van der Waals surface area contributed by atoms with E-state index in [1.165, 1.54) is 6.07 Å². The molecule has 35 heavy (non-hydrogen) atoms. The molecule has 9 heteroatoms. The molecule has 0 aliphatic heterocycles. The van der Waals surface area contributed by atoms with Gasteiger partial charge in [-0.25, -0.2) is 17.8 Å². The second-order valence-corrected chi connectivity index (χ2v) is 10.8. The second kappa shape index (κ2) is 8.06. The van der Waals surface area contributed by atoms with Crippen molar-refractivity contribution in [3.63, 3.8) is 0 Å². The van der Waals surface area contributed by atoms with Crippen LogP contribution in [0.5, 0.6) is 0 Å². The zero-order valence-corrected chi connectivity index (χ0v) is 19.7. The van der Waals surface area contributed by atoms with E-state index >= 15 is 0 Å². The van der Waals surface area contributed by atoms with Crippen LogP contribution in [0.15, 0.2) is 79.4 Å². The number of imidazole rings is 1. The fourth-order valence-electron chi connectivity index (χ4n) is 4.25. The normalized spacial score (nSPS) is 13.9. The molecule has 2 heterocycles. The molecule has 7 nitrogen and oxygen atoms in total. The molecule has 3 aromatic carbocycles. The van der Waals surface area contributed by atoms with E-state index in [-0.39, 0.29) is 11.1 Å². The lowest BCUT2D eigenvalue weighted by atomic mass is 10.0. The van der Waals surface area contributed by atoms with Crippen LogP contribution in [0.2, 0.25) is 0 Å². The van der Waals surface area contributed by atoms with Crippen molar-refractivity contribution in [2.24, 2.45) is 7.05 Å². The van der Waals surface area contributed by atoms with E-state index in [4.69, 9.17) is 0 Å². The average molecular weight is 488 g/mol. The zero-order valence-electron chi connectivity index (χ0n) is 18.9. The highest BCUT2D eigenvalue weighted by Crippen LogP contribution is 2.34. The summed E-state index contributed by atoms with van der Waals surface area (Å²) in [4.78, 5) is 4.57. The Balaban J connectivity index is 1.47. The molecule has 0 unspecified atom stereocenters. The Morgan fingerprint density at radius 3 is 2.57 bits per heavy atom. The predicted molar refractivity (Wildman–Crippen MR) is 134 cm³/mol. The maximum absolute atomic E-state index is 14.7. The third kappa shape index (κ3) is 4.08. The lowest BCUT2D eigenvalue weighted by Gasteiger charge is -2.14. The molecule has 1 aliphatic rings. The van der Waals surface area contributed by atoms with E-state index < -0.39 is 10.0 Å². The van der Waals surface area contributed by atoms with Crippen LogP contribution in [0.4, 0.5) is 10.1 Å². The second-order valence-electron chi connectivity index (χ2n) is 8.82. The highest BCUT2D eigenvalue weighted by Gasteiger charge is 2.35. The van der Waals surface area contributed by atoms with Crippen LogP contribution in [0, 0.1) is 5.82 Å². The van der Waals surface area contributed by atoms with E-state index in [1.54, 1.807) is 47.5 Å². The van der Waals surface area contributed by atoms with Crippen molar-refractivity contribution >= 4 is 26.7 Å². The highest BCUT2D eigenvalue weighted by molar-refractivity contribution is 7.93. The van der Waals surface area contributed by atoms with Crippen LogP contribution < -0.4 is 4.72 Å². The van der Waals surface area contributed by atoms with E-state index in [1.807, 2.05) is 42.1 Å². The summed E-state index contributed by atoms with van der Waals surface area (Å²) in [5.74, 6) is -0.378. The first-order chi connectivity index (χ1) is 16.9. The minimum absolute atomic E-state index is 0.372. The molecule has 1 N–H and O–H groups in total. The molecule has 0 saturated heterocycles. The third-order valence-electron chi connectivity index (χ3n) is 6.19. The van der Waals surface area contributed by atoms with Gasteiger partial charge in [0, 0.05) is 30.1 Å². The lowest BCUT2D eigenvalue weighted by molar-refractivity contribution is 0.600. The molecule has 176 valence electrons. The van der Waals surface area contributed by atoms with E-state index in [9.17, 15) is 12.8 Å². The summed E-state index contributed by atoms with van der Waals surface area (Å²) < 4.78 is 46.3. The van der Waals surface area contributed by atoms with Crippen molar-refractivity contribution in [1.82, 2.24) is 19.3 Å². The first-order valence-corrected chi connectivity index (χ1v) is 12.8. The number of aromatic nitrogens is 4. The van der Waals surface area contributed by atoms with Gasteiger partial charge in [0.25, 0.3) is 0 Å². The molecule has 0 radical (unpaired) electrons. The fraction of sp³-hybridized carbons (Fsp3) is 0.154. The van der Waals surface area contributed by atoms with Gasteiger partial charge in [-0.15, -0.1) is 0 Å². The average Bonchev–Trinajstić information content (AvgIpc) is 3.49. The van der Waals surface area contributed by atoms with E-state index in [0.29, 0.717) is 35.3 Å².